The van der Waals surface area contributed by atoms with E-state index in [1.165, 1.54) is 0 Å². The van der Waals surface area contributed by atoms with Crippen LogP contribution in [0, 0.1) is 0 Å². The molecule has 2 heterocycles. The summed E-state index contributed by atoms with van der Waals surface area (Å²) in [4.78, 5) is 12.2. The van der Waals surface area contributed by atoms with Crippen LogP contribution in [0.2, 0.25) is 0 Å². The fourth-order valence-electron chi connectivity index (χ4n) is 2.20. The summed E-state index contributed by atoms with van der Waals surface area (Å²) in [5.41, 5.74) is 1.04. The first-order valence-corrected chi connectivity index (χ1v) is 5.99. The van der Waals surface area contributed by atoms with Crippen molar-refractivity contribution >= 4 is 0 Å². The van der Waals surface area contributed by atoms with Gasteiger partial charge in [0.1, 0.15) is 0 Å². The van der Waals surface area contributed by atoms with Crippen LogP contribution in [0.25, 0.3) is 0 Å². The molecule has 16 heavy (non-hydrogen) atoms. The highest BCUT2D eigenvalue weighted by atomic mass is 16.5. The molecule has 0 aromatic carbocycles. The monoisotopic (exact) mass is 221 g/mol. The highest BCUT2D eigenvalue weighted by Gasteiger charge is 2.18. The molecule has 0 amide bonds. The minimum Gasteiger partial charge on any atom is -0.379 e. The Labute approximate surface area is 96.0 Å². The van der Waals surface area contributed by atoms with Gasteiger partial charge < -0.3 is 9.30 Å². The van der Waals surface area contributed by atoms with Gasteiger partial charge in [-0.05, 0) is 24.8 Å². The van der Waals surface area contributed by atoms with Crippen molar-refractivity contribution in [3.05, 3.63) is 34.2 Å². The minimum atomic E-state index is 0.146. The highest BCUT2D eigenvalue weighted by Crippen LogP contribution is 2.18. The van der Waals surface area contributed by atoms with Crippen molar-refractivity contribution < 1.29 is 4.74 Å². The van der Waals surface area contributed by atoms with Gasteiger partial charge in [-0.25, -0.2) is 0 Å². The standard InChI is InChI=1S/C13H19NO2/c1-10(2)12-6-3-7-14(13(12)15)11-5-4-8-16-9-11/h3,6-7,10-11H,4-5,8-9H2,1-2H3. The van der Waals surface area contributed by atoms with Gasteiger partial charge in [-0.1, -0.05) is 19.9 Å². The molecule has 2 rings (SSSR count). The lowest BCUT2D eigenvalue weighted by Gasteiger charge is -2.24. The number of ether oxygens (including phenoxy) is 1. The molecule has 1 aliphatic heterocycles. The molecule has 1 unspecified atom stereocenters. The van der Waals surface area contributed by atoms with E-state index in [0.29, 0.717) is 6.61 Å². The van der Waals surface area contributed by atoms with E-state index in [2.05, 4.69) is 13.8 Å². The first kappa shape index (κ1) is 11.4. The van der Waals surface area contributed by atoms with Crippen molar-refractivity contribution in [2.45, 2.75) is 38.6 Å². The Kier molecular flexibility index (Phi) is 3.44. The Morgan fingerprint density at radius 1 is 1.50 bits per heavy atom. The fraction of sp³-hybridized carbons (Fsp3) is 0.615. The third kappa shape index (κ3) is 2.19. The molecule has 0 saturated carbocycles. The smallest absolute Gasteiger partial charge is 0.254 e. The van der Waals surface area contributed by atoms with Gasteiger partial charge >= 0.3 is 0 Å². The SMILES string of the molecule is CC(C)c1cccn(C2CCCOC2)c1=O. The number of hydrogen-bond donors (Lipinski definition) is 0. The Hall–Kier alpha value is -1.09. The quantitative estimate of drug-likeness (QED) is 0.767. The molecule has 3 heteroatoms. The fourth-order valence-corrected chi connectivity index (χ4v) is 2.20. The van der Waals surface area contributed by atoms with E-state index >= 15 is 0 Å². The Balaban J connectivity index is 2.33. The maximum atomic E-state index is 12.2. The molecule has 1 atom stereocenters. The van der Waals surface area contributed by atoms with Crippen LogP contribution >= 0.6 is 0 Å². The maximum Gasteiger partial charge on any atom is 0.254 e. The lowest BCUT2D eigenvalue weighted by molar-refractivity contribution is 0.0579. The van der Waals surface area contributed by atoms with Crippen molar-refractivity contribution in [1.29, 1.82) is 0 Å². The molecule has 1 aromatic heterocycles. The molecular weight excluding hydrogens is 202 g/mol. The first-order valence-electron chi connectivity index (χ1n) is 5.99. The largest absolute Gasteiger partial charge is 0.379 e. The Bertz CT molecular complexity index is 403. The summed E-state index contributed by atoms with van der Waals surface area (Å²) in [6.45, 7) is 5.60. The van der Waals surface area contributed by atoms with Crippen LogP contribution in [0.4, 0.5) is 0 Å². The number of pyridine rings is 1. The van der Waals surface area contributed by atoms with E-state index in [-0.39, 0.29) is 17.5 Å². The van der Waals surface area contributed by atoms with Crippen LogP contribution in [0.5, 0.6) is 0 Å². The summed E-state index contributed by atoms with van der Waals surface area (Å²) in [5, 5.41) is 0. The molecule has 0 radical (unpaired) electrons. The second kappa shape index (κ2) is 4.83. The number of hydrogen-bond acceptors (Lipinski definition) is 2. The average Bonchev–Trinajstić information content (AvgIpc) is 2.30. The lowest BCUT2D eigenvalue weighted by atomic mass is 10.0. The molecule has 1 aromatic rings. The summed E-state index contributed by atoms with van der Waals surface area (Å²) in [5.74, 6) is 0.282. The van der Waals surface area contributed by atoms with Gasteiger partial charge in [-0.3, -0.25) is 4.79 Å². The molecule has 0 bridgehead atoms. The van der Waals surface area contributed by atoms with Crippen LogP contribution in [0.1, 0.15) is 44.2 Å². The van der Waals surface area contributed by atoms with Gasteiger partial charge in [-0.15, -0.1) is 0 Å². The summed E-state index contributed by atoms with van der Waals surface area (Å²) >= 11 is 0. The molecule has 1 aliphatic rings. The van der Waals surface area contributed by atoms with E-state index in [9.17, 15) is 4.79 Å². The zero-order valence-corrected chi connectivity index (χ0v) is 9.98. The molecule has 1 fully saturated rings. The summed E-state index contributed by atoms with van der Waals surface area (Å²) in [6, 6.07) is 4.11. The van der Waals surface area contributed by atoms with Crippen LogP contribution in [0.3, 0.4) is 0 Å². The lowest BCUT2D eigenvalue weighted by Crippen LogP contribution is -2.32. The van der Waals surface area contributed by atoms with Crippen molar-refractivity contribution in [2.24, 2.45) is 0 Å². The van der Waals surface area contributed by atoms with Crippen LogP contribution in [-0.2, 0) is 4.74 Å². The summed E-state index contributed by atoms with van der Waals surface area (Å²) in [7, 11) is 0. The Morgan fingerprint density at radius 3 is 2.94 bits per heavy atom. The van der Waals surface area contributed by atoms with Crippen molar-refractivity contribution in [1.82, 2.24) is 4.57 Å². The Morgan fingerprint density at radius 2 is 2.31 bits per heavy atom. The average molecular weight is 221 g/mol. The van der Waals surface area contributed by atoms with Gasteiger partial charge in [0.2, 0.25) is 0 Å². The zero-order chi connectivity index (χ0) is 11.5. The zero-order valence-electron chi connectivity index (χ0n) is 9.98. The maximum absolute atomic E-state index is 12.2. The topological polar surface area (TPSA) is 31.2 Å². The molecule has 3 nitrogen and oxygen atoms in total. The molecule has 1 saturated heterocycles. The number of rotatable bonds is 2. The third-order valence-electron chi connectivity index (χ3n) is 3.16. The van der Waals surface area contributed by atoms with Gasteiger partial charge in [0.15, 0.2) is 0 Å². The second-order valence-electron chi connectivity index (χ2n) is 4.70. The van der Waals surface area contributed by atoms with E-state index < -0.39 is 0 Å². The molecule has 0 spiro atoms. The summed E-state index contributed by atoms with van der Waals surface area (Å²) in [6.07, 6.45) is 3.97. The van der Waals surface area contributed by atoms with Crippen LogP contribution in [-0.4, -0.2) is 17.8 Å². The number of nitrogens with zero attached hydrogens (tertiary/aromatic N) is 1. The minimum absolute atomic E-state index is 0.146. The van der Waals surface area contributed by atoms with Gasteiger partial charge in [0, 0.05) is 18.4 Å². The van der Waals surface area contributed by atoms with Crippen LogP contribution in [0.15, 0.2) is 23.1 Å². The van der Waals surface area contributed by atoms with E-state index in [0.717, 1.165) is 25.0 Å². The first-order chi connectivity index (χ1) is 7.70. The molecule has 0 aliphatic carbocycles. The van der Waals surface area contributed by atoms with E-state index in [1.807, 2.05) is 22.9 Å². The van der Waals surface area contributed by atoms with Gasteiger partial charge in [0.05, 0.1) is 12.6 Å². The number of aromatic nitrogens is 1. The van der Waals surface area contributed by atoms with Crippen molar-refractivity contribution in [3.8, 4) is 0 Å². The third-order valence-corrected chi connectivity index (χ3v) is 3.16. The molecule has 0 N–H and O–H groups in total. The normalized spacial score (nSPS) is 21.3. The van der Waals surface area contributed by atoms with E-state index in [4.69, 9.17) is 4.74 Å². The highest BCUT2D eigenvalue weighted by molar-refractivity contribution is 5.14. The van der Waals surface area contributed by atoms with Crippen molar-refractivity contribution in [3.63, 3.8) is 0 Å². The second-order valence-corrected chi connectivity index (χ2v) is 4.70. The predicted molar refractivity (Wildman–Crippen MR) is 63.9 cm³/mol. The summed E-state index contributed by atoms with van der Waals surface area (Å²) < 4.78 is 7.27. The van der Waals surface area contributed by atoms with Gasteiger partial charge in [-0.2, -0.15) is 0 Å². The van der Waals surface area contributed by atoms with E-state index in [1.54, 1.807) is 0 Å². The van der Waals surface area contributed by atoms with Crippen LogP contribution < -0.4 is 5.56 Å². The molecular formula is C13H19NO2. The van der Waals surface area contributed by atoms with Gasteiger partial charge in [0.25, 0.3) is 5.56 Å². The predicted octanol–water partition coefficient (Wildman–Crippen LogP) is 2.32. The van der Waals surface area contributed by atoms with Crippen molar-refractivity contribution in [2.75, 3.05) is 13.2 Å². The molecule has 88 valence electrons.